The Hall–Kier alpha value is -1.39. The molecule has 0 heterocycles. The van der Waals surface area contributed by atoms with Gasteiger partial charge in [0, 0.05) is 32.5 Å². The van der Waals surface area contributed by atoms with Crippen LogP contribution in [0.4, 0.5) is 0 Å². The Morgan fingerprint density at radius 3 is 1.62 bits per heavy atom. The van der Waals surface area contributed by atoms with Gasteiger partial charge in [-0.1, -0.05) is 0 Å². The minimum atomic E-state index is -0.385. The van der Waals surface area contributed by atoms with Crippen LogP contribution in [-0.4, -0.2) is 90.1 Å². The average Bonchev–Trinajstić information content (AvgIpc) is 2.67. The lowest BCUT2D eigenvalue weighted by Crippen LogP contribution is -2.24. The summed E-state index contributed by atoms with van der Waals surface area (Å²) in [5.41, 5.74) is 0. The molecule has 0 unspecified atom stereocenters. The molecule has 0 saturated carbocycles. The highest BCUT2D eigenvalue weighted by molar-refractivity contribution is 5.80. The van der Waals surface area contributed by atoms with Gasteiger partial charge in [-0.2, -0.15) is 0 Å². The number of Topliss-reactive ketones (excluding diaryl/α,β-unsaturated/α-hetero) is 2. The first-order valence-corrected chi connectivity index (χ1v) is 10.2. The van der Waals surface area contributed by atoms with Gasteiger partial charge in [0.25, 0.3) is 0 Å². The second-order valence-corrected chi connectivity index (χ2v) is 6.43. The molecule has 0 aliphatic rings. The van der Waals surface area contributed by atoms with E-state index in [1.165, 1.54) is 6.92 Å². The zero-order chi connectivity index (χ0) is 21.6. The van der Waals surface area contributed by atoms with Crippen molar-refractivity contribution in [3.8, 4) is 0 Å². The molecule has 1 N–H and O–H groups in total. The molecule has 0 rings (SSSR count). The van der Waals surface area contributed by atoms with E-state index in [0.717, 1.165) is 19.5 Å². The highest BCUT2D eigenvalue weighted by Crippen LogP contribution is 1.94. The third kappa shape index (κ3) is 24.6. The van der Waals surface area contributed by atoms with Crippen LogP contribution in [0.2, 0.25) is 0 Å². The number of hydrogen-bond acceptors (Lipinski definition) is 9. The molecule has 0 aromatic heterocycles. The number of ketones is 2. The van der Waals surface area contributed by atoms with Crippen LogP contribution >= 0.6 is 0 Å². The van der Waals surface area contributed by atoms with Crippen molar-refractivity contribution < 1.29 is 38.1 Å². The zero-order valence-corrected chi connectivity index (χ0v) is 17.9. The largest absolute Gasteiger partial charge is 0.463 e. The molecule has 170 valence electrons. The van der Waals surface area contributed by atoms with Crippen molar-refractivity contribution in [3.05, 3.63) is 0 Å². The number of nitrogens with one attached hydrogen (secondary N) is 1. The van der Waals surface area contributed by atoms with Crippen molar-refractivity contribution in [1.29, 1.82) is 0 Å². The first-order chi connectivity index (χ1) is 14.0. The van der Waals surface area contributed by atoms with Crippen LogP contribution in [0.3, 0.4) is 0 Å². The van der Waals surface area contributed by atoms with Crippen LogP contribution in [0.5, 0.6) is 0 Å². The van der Waals surface area contributed by atoms with Crippen LogP contribution in [0.1, 0.15) is 39.5 Å². The van der Waals surface area contributed by atoms with Gasteiger partial charge in [0.1, 0.15) is 18.2 Å². The monoisotopic (exact) mass is 419 g/mol. The molecule has 0 spiro atoms. The fourth-order valence-electron chi connectivity index (χ4n) is 2.05. The lowest BCUT2D eigenvalue weighted by Gasteiger charge is -2.08. The van der Waals surface area contributed by atoms with Crippen molar-refractivity contribution in [1.82, 2.24) is 5.32 Å². The lowest BCUT2D eigenvalue weighted by atomic mass is 10.2. The maximum absolute atomic E-state index is 11.3. The Morgan fingerprint density at radius 1 is 0.586 bits per heavy atom. The second kappa shape index (κ2) is 21.3. The first-order valence-electron chi connectivity index (χ1n) is 10.2. The minimum Gasteiger partial charge on any atom is -0.463 e. The maximum atomic E-state index is 11.3. The molecule has 9 nitrogen and oxygen atoms in total. The van der Waals surface area contributed by atoms with Crippen LogP contribution in [-0.2, 0) is 38.1 Å². The van der Waals surface area contributed by atoms with Gasteiger partial charge in [0.15, 0.2) is 0 Å². The predicted octanol–water partition coefficient (Wildman–Crippen LogP) is 0.924. The highest BCUT2D eigenvalue weighted by atomic mass is 16.6. The third-order valence-electron chi connectivity index (χ3n) is 3.58. The number of hydrogen-bond donors (Lipinski definition) is 1. The molecule has 0 fully saturated rings. The van der Waals surface area contributed by atoms with Crippen LogP contribution in [0.25, 0.3) is 0 Å². The number of ether oxygens (including phenoxy) is 5. The standard InChI is InChI=1S/C20H37NO8/c1-18(22)4-3-9-25-10-7-21-8-11-26-12-13-27-14-15-28-16-17-29-20(24)6-5-19(2)23/h21H,3-17H2,1-2H3. The topological polar surface area (TPSA) is 109 Å². The Morgan fingerprint density at radius 2 is 1.07 bits per heavy atom. The molecule has 0 aliphatic carbocycles. The molecule has 9 heteroatoms. The van der Waals surface area contributed by atoms with E-state index in [1.807, 2.05) is 0 Å². The van der Waals surface area contributed by atoms with Crippen LogP contribution in [0, 0.1) is 0 Å². The van der Waals surface area contributed by atoms with Gasteiger partial charge in [-0.25, -0.2) is 0 Å². The summed E-state index contributed by atoms with van der Waals surface area (Å²) in [6, 6.07) is 0. The van der Waals surface area contributed by atoms with E-state index in [2.05, 4.69) is 5.32 Å². The number of carbonyl (C=O) groups is 3. The molecule has 0 bridgehead atoms. The first kappa shape index (κ1) is 27.6. The van der Waals surface area contributed by atoms with E-state index in [4.69, 9.17) is 23.7 Å². The van der Waals surface area contributed by atoms with Crippen molar-refractivity contribution in [2.24, 2.45) is 0 Å². The van der Waals surface area contributed by atoms with Crippen molar-refractivity contribution in [2.75, 3.05) is 72.6 Å². The molecule has 0 aromatic rings. The zero-order valence-electron chi connectivity index (χ0n) is 17.9. The van der Waals surface area contributed by atoms with Crippen LogP contribution in [0.15, 0.2) is 0 Å². The quantitative estimate of drug-likeness (QED) is 0.202. The number of carbonyl (C=O) groups excluding carboxylic acids is 3. The number of rotatable bonds is 22. The summed E-state index contributed by atoms with van der Waals surface area (Å²) >= 11 is 0. The predicted molar refractivity (Wildman–Crippen MR) is 107 cm³/mol. The second-order valence-electron chi connectivity index (χ2n) is 6.43. The van der Waals surface area contributed by atoms with Crippen molar-refractivity contribution in [3.63, 3.8) is 0 Å². The molecule has 0 atom stereocenters. The van der Waals surface area contributed by atoms with Gasteiger partial charge in [-0.05, 0) is 20.3 Å². The van der Waals surface area contributed by atoms with Crippen LogP contribution < -0.4 is 5.32 Å². The summed E-state index contributed by atoms with van der Waals surface area (Å²) in [5.74, 6) is -0.219. The summed E-state index contributed by atoms with van der Waals surface area (Å²) in [7, 11) is 0. The third-order valence-corrected chi connectivity index (χ3v) is 3.58. The van der Waals surface area contributed by atoms with Gasteiger partial charge in [0.2, 0.25) is 0 Å². The van der Waals surface area contributed by atoms with E-state index in [9.17, 15) is 14.4 Å². The van der Waals surface area contributed by atoms with Gasteiger partial charge in [-0.15, -0.1) is 0 Å². The summed E-state index contributed by atoms with van der Waals surface area (Å²) in [4.78, 5) is 32.7. The molecular weight excluding hydrogens is 382 g/mol. The van der Waals surface area contributed by atoms with E-state index in [-0.39, 0.29) is 37.0 Å². The maximum Gasteiger partial charge on any atom is 0.306 e. The van der Waals surface area contributed by atoms with Gasteiger partial charge in [0.05, 0.1) is 52.7 Å². The van der Waals surface area contributed by atoms with E-state index >= 15 is 0 Å². The summed E-state index contributed by atoms with van der Waals surface area (Å²) < 4.78 is 26.4. The normalized spacial score (nSPS) is 10.8. The Bertz CT molecular complexity index is 431. The SMILES string of the molecule is CC(=O)CCCOCCNCCOCCOCCOCCOC(=O)CCC(C)=O. The fraction of sp³-hybridized carbons (Fsp3) is 0.850. The molecule has 0 aliphatic heterocycles. The summed E-state index contributed by atoms with van der Waals surface area (Å²) in [5, 5.41) is 3.21. The Kier molecular flexibility index (Phi) is 20.3. The minimum absolute atomic E-state index is 0.0289. The molecule has 0 radical (unpaired) electrons. The molecular formula is C20H37NO8. The fourth-order valence-corrected chi connectivity index (χ4v) is 2.05. The highest BCUT2D eigenvalue weighted by Gasteiger charge is 2.04. The van der Waals surface area contributed by atoms with E-state index < -0.39 is 0 Å². The smallest absolute Gasteiger partial charge is 0.306 e. The lowest BCUT2D eigenvalue weighted by molar-refractivity contribution is -0.146. The number of esters is 1. The van der Waals surface area contributed by atoms with Gasteiger partial charge < -0.3 is 38.6 Å². The Balaban J connectivity index is 3.11. The van der Waals surface area contributed by atoms with E-state index in [1.54, 1.807) is 6.92 Å². The molecule has 0 amide bonds. The van der Waals surface area contributed by atoms with E-state index in [0.29, 0.717) is 59.3 Å². The molecule has 0 saturated heterocycles. The van der Waals surface area contributed by atoms with Gasteiger partial charge >= 0.3 is 5.97 Å². The average molecular weight is 420 g/mol. The van der Waals surface area contributed by atoms with Gasteiger partial charge in [-0.3, -0.25) is 4.79 Å². The summed E-state index contributed by atoms with van der Waals surface area (Å²) in [6.07, 6.45) is 1.68. The summed E-state index contributed by atoms with van der Waals surface area (Å²) in [6.45, 7) is 8.70. The van der Waals surface area contributed by atoms with Crippen molar-refractivity contribution in [2.45, 2.75) is 39.5 Å². The molecule has 0 aromatic carbocycles. The molecule has 29 heavy (non-hydrogen) atoms. The van der Waals surface area contributed by atoms with Crippen molar-refractivity contribution >= 4 is 17.5 Å². The Labute approximate surface area is 173 Å².